The Morgan fingerprint density at radius 1 is 0.672 bits per heavy atom. The van der Waals surface area contributed by atoms with Gasteiger partial charge in [0.15, 0.2) is 5.43 Å². The number of halogens is 2. The van der Waals surface area contributed by atoms with E-state index >= 15 is 0 Å². The van der Waals surface area contributed by atoms with Gasteiger partial charge < -0.3 is 40.5 Å². The summed E-state index contributed by atoms with van der Waals surface area (Å²) in [5.41, 5.74) is 7.77. The number of carboxylic acids is 2. The van der Waals surface area contributed by atoms with E-state index in [2.05, 4.69) is 15.6 Å². The number of nitrogens with zero attached hydrogens (tertiary/aromatic N) is 1. The number of rotatable bonds is 9. The van der Waals surface area contributed by atoms with Crippen molar-refractivity contribution >= 4 is 74.6 Å². The van der Waals surface area contributed by atoms with Gasteiger partial charge in [0.25, 0.3) is 11.8 Å². The minimum Gasteiger partial charge on any atom is -0.508 e. The maximum atomic E-state index is 13.5. The number of nitrogens with one attached hydrogen (secondary N) is 2. The van der Waals surface area contributed by atoms with Gasteiger partial charge in [-0.1, -0.05) is 29.3 Å². The van der Waals surface area contributed by atoms with Crippen LogP contribution in [-0.4, -0.2) is 59.2 Å². The van der Waals surface area contributed by atoms with E-state index in [-0.39, 0.29) is 73.5 Å². The number of hydrogen-bond donors (Lipinski definition) is 6. The number of aromatic hydroxyl groups is 1. The van der Waals surface area contributed by atoms with Crippen molar-refractivity contribution < 1.29 is 43.3 Å². The standard InChI is InChI=1S/C45H30Cl2N4O10/c1-49-22-4-9-29-34(16-22)60-33-15-21(48)3-8-28(33)38(29)39-32(46)19-31(41(47)40(39)45(58)59)43(55)51-13-12-50-42(54)20-2-7-25(30(14-20)44(56)57)37-26-10-5-23(52)17-35(26)61-36-18-24(53)6-11-27(36)37/h2-11,14-19,52H,12-13,48H2,1H3,(H,50,54)(H,51,55)(H,56,57)(H,58,59). The number of nitrogens with two attached hydrogens (primary N) is 1. The summed E-state index contributed by atoms with van der Waals surface area (Å²) < 4.78 is 12.0. The third kappa shape index (κ3) is 7.34. The van der Waals surface area contributed by atoms with Crippen molar-refractivity contribution in [2.45, 2.75) is 0 Å². The molecule has 0 radical (unpaired) electrons. The van der Waals surface area contributed by atoms with Gasteiger partial charge in [-0.3, -0.25) is 19.4 Å². The lowest BCUT2D eigenvalue weighted by molar-refractivity contribution is 0.0686. The SMILES string of the molecule is CN=c1ccc2c(-c3c(Cl)cc(C(=O)NCCNC(=O)c4ccc(-c5c6ccc(=O)cc-6oc6cc(O)ccc56)c(C(=O)O)c4)c(Cl)c3C(=O)O)c3ccc(N)cc3oc-2c1. The molecule has 16 heteroatoms. The number of fused-ring (bicyclic) bond motifs is 4. The third-order valence-corrected chi connectivity index (χ3v) is 10.8. The molecular formula is C45H30Cl2N4O10. The second kappa shape index (κ2) is 15.8. The van der Waals surface area contributed by atoms with Crippen LogP contribution in [0.1, 0.15) is 41.4 Å². The minimum atomic E-state index is -1.45. The highest BCUT2D eigenvalue weighted by atomic mass is 35.5. The molecule has 0 spiro atoms. The van der Waals surface area contributed by atoms with E-state index in [1.165, 1.54) is 54.6 Å². The van der Waals surface area contributed by atoms with Crippen molar-refractivity contribution in [3.63, 3.8) is 0 Å². The molecule has 0 bridgehead atoms. The van der Waals surface area contributed by atoms with Crippen LogP contribution in [0.5, 0.6) is 5.75 Å². The molecule has 4 aromatic rings. The summed E-state index contributed by atoms with van der Waals surface area (Å²) in [6.45, 7) is -0.268. The number of phenols is 1. The zero-order valence-electron chi connectivity index (χ0n) is 31.6. The van der Waals surface area contributed by atoms with Crippen LogP contribution < -0.4 is 27.2 Å². The molecule has 0 fully saturated rings. The molecule has 61 heavy (non-hydrogen) atoms. The van der Waals surface area contributed by atoms with Crippen LogP contribution in [0.2, 0.25) is 10.0 Å². The maximum Gasteiger partial charge on any atom is 0.337 e. The molecule has 0 unspecified atom stereocenters. The van der Waals surface area contributed by atoms with E-state index in [1.54, 1.807) is 49.5 Å². The van der Waals surface area contributed by atoms with Crippen molar-refractivity contribution in [3.05, 3.63) is 145 Å². The Balaban J connectivity index is 1.05. The molecule has 2 heterocycles. The molecule has 2 aliphatic heterocycles. The molecule has 7 N–H and O–H groups in total. The van der Waals surface area contributed by atoms with E-state index < -0.39 is 29.3 Å². The van der Waals surface area contributed by atoms with Crippen LogP contribution >= 0.6 is 23.2 Å². The number of phenolic OH excluding ortho intramolecular Hbond substituents is 1. The normalized spacial score (nSPS) is 11.7. The van der Waals surface area contributed by atoms with Crippen molar-refractivity contribution in [3.8, 4) is 50.7 Å². The average Bonchev–Trinajstić information content (AvgIpc) is 3.23. The predicted octanol–water partition coefficient (Wildman–Crippen LogP) is 7.76. The van der Waals surface area contributed by atoms with Crippen molar-refractivity contribution in [2.75, 3.05) is 25.9 Å². The van der Waals surface area contributed by atoms with E-state index in [0.29, 0.717) is 55.4 Å². The highest BCUT2D eigenvalue weighted by molar-refractivity contribution is 6.41. The van der Waals surface area contributed by atoms with Gasteiger partial charge in [0.1, 0.15) is 28.4 Å². The second-order valence-electron chi connectivity index (χ2n) is 13.8. The zero-order valence-corrected chi connectivity index (χ0v) is 33.1. The van der Waals surface area contributed by atoms with Crippen LogP contribution in [0.3, 0.4) is 0 Å². The summed E-state index contributed by atoms with van der Waals surface area (Å²) in [6, 6.07) is 23.8. The van der Waals surface area contributed by atoms with Gasteiger partial charge in [0, 0.05) is 94.2 Å². The fourth-order valence-corrected chi connectivity index (χ4v) is 7.93. The highest BCUT2D eigenvalue weighted by Gasteiger charge is 2.30. The largest absolute Gasteiger partial charge is 0.508 e. The second-order valence-corrected chi connectivity index (χ2v) is 14.6. The van der Waals surface area contributed by atoms with E-state index in [9.17, 15) is 39.3 Å². The molecule has 0 aromatic heterocycles. The molecule has 0 saturated heterocycles. The summed E-state index contributed by atoms with van der Waals surface area (Å²) in [5, 5.41) is 37.2. The van der Waals surface area contributed by atoms with Crippen LogP contribution in [0.15, 0.2) is 116 Å². The third-order valence-electron chi connectivity index (χ3n) is 10.1. The predicted molar refractivity (Wildman–Crippen MR) is 229 cm³/mol. The number of hydrogen-bond acceptors (Lipinski definition) is 10. The van der Waals surface area contributed by atoms with E-state index in [1.807, 2.05) is 0 Å². The first-order chi connectivity index (χ1) is 29.2. The molecule has 0 atom stereocenters. The quantitative estimate of drug-likeness (QED) is 0.0466. The van der Waals surface area contributed by atoms with E-state index in [0.717, 1.165) is 0 Å². The van der Waals surface area contributed by atoms with Gasteiger partial charge >= 0.3 is 11.9 Å². The molecule has 4 aromatic carbocycles. The van der Waals surface area contributed by atoms with Crippen molar-refractivity contribution in [2.24, 2.45) is 4.99 Å². The Morgan fingerprint density at radius 3 is 2.03 bits per heavy atom. The lowest BCUT2D eigenvalue weighted by atomic mass is 9.89. The molecule has 2 aliphatic carbocycles. The molecule has 2 amide bonds. The maximum absolute atomic E-state index is 13.5. The molecule has 0 saturated carbocycles. The number of carboxylic acid groups (broad SMARTS) is 2. The summed E-state index contributed by atoms with van der Waals surface area (Å²) in [4.78, 5) is 68.7. The minimum absolute atomic E-state index is 0.00512. The fraction of sp³-hybridized carbons (Fsp3) is 0.0667. The topological polar surface area (TPSA) is 235 Å². The Labute approximate surface area is 353 Å². The Hall–Kier alpha value is -7.68. The zero-order chi connectivity index (χ0) is 43.3. The monoisotopic (exact) mass is 856 g/mol. The highest BCUT2D eigenvalue weighted by Crippen LogP contribution is 2.47. The van der Waals surface area contributed by atoms with Crippen LogP contribution in [0.25, 0.3) is 66.8 Å². The number of benzene rings is 6. The molecule has 304 valence electrons. The summed E-state index contributed by atoms with van der Waals surface area (Å²) in [5.74, 6) is -3.79. The number of nitrogen functional groups attached to an aromatic ring is 1. The summed E-state index contributed by atoms with van der Waals surface area (Å²) in [7, 11) is 1.61. The average molecular weight is 858 g/mol. The molecule has 14 nitrogen and oxygen atoms in total. The lowest BCUT2D eigenvalue weighted by Crippen LogP contribution is -2.35. The number of carbonyl (C=O) groups excluding carboxylic acids is 2. The Bertz CT molecular complexity index is 3250. The molecule has 8 rings (SSSR count). The van der Waals surface area contributed by atoms with Crippen LogP contribution in [0.4, 0.5) is 5.69 Å². The molecular weight excluding hydrogens is 827 g/mol. The van der Waals surface area contributed by atoms with Gasteiger partial charge in [0.05, 0.1) is 32.1 Å². The van der Waals surface area contributed by atoms with Gasteiger partial charge in [-0.15, -0.1) is 0 Å². The fourth-order valence-electron chi connectivity index (χ4n) is 7.32. The van der Waals surface area contributed by atoms with E-state index in [4.69, 9.17) is 37.8 Å². The number of aromatic carboxylic acids is 2. The van der Waals surface area contributed by atoms with Crippen LogP contribution in [0, 0.1) is 0 Å². The summed E-state index contributed by atoms with van der Waals surface area (Å²) >= 11 is 13.6. The first kappa shape index (κ1) is 40.1. The van der Waals surface area contributed by atoms with Gasteiger partial charge in [-0.2, -0.15) is 0 Å². The number of amides is 2. The van der Waals surface area contributed by atoms with Crippen LogP contribution in [-0.2, 0) is 0 Å². The Morgan fingerprint density at radius 2 is 1.31 bits per heavy atom. The first-order valence-electron chi connectivity index (χ1n) is 18.3. The van der Waals surface area contributed by atoms with Gasteiger partial charge in [-0.25, -0.2) is 9.59 Å². The number of anilines is 1. The van der Waals surface area contributed by atoms with Gasteiger partial charge in [0.2, 0.25) is 0 Å². The first-order valence-corrected chi connectivity index (χ1v) is 19.1. The Kier molecular flexibility index (Phi) is 10.4. The lowest BCUT2D eigenvalue weighted by Gasteiger charge is -2.20. The molecule has 4 aliphatic rings. The van der Waals surface area contributed by atoms with Crippen molar-refractivity contribution in [1.29, 1.82) is 0 Å². The summed E-state index contributed by atoms with van der Waals surface area (Å²) in [6.07, 6.45) is 0. The van der Waals surface area contributed by atoms with Crippen molar-refractivity contribution in [1.82, 2.24) is 10.6 Å². The smallest absolute Gasteiger partial charge is 0.337 e. The van der Waals surface area contributed by atoms with Gasteiger partial charge in [-0.05, 0) is 72.3 Å². The number of carbonyl (C=O) groups is 4.